The van der Waals surface area contributed by atoms with E-state index in [-0.39, 0.29) is 0 Å². The third-order valence-electron chi connectivity index (χ3n) is 2.00. The number of aromatic nitrogens is 2. The number of nitrogens with two attached hydrogens (primary N) is 1. The van der Waals surface area contributed by atoms with E-state index >= 15 is 0 Å². The van der Waals surface area contributed by atoms with E-state index in [1.807, 2.05) is 25.3 Å². The predicted molar refractivity (Wildman–Crippen MR) is 58.3 cm³/mol. The van der Waals surface area contributed by atoms with Crippen molar-refractivity contribution in [2.45, 2.75) is 13.3 Å². The molecule has 0 atom stereocenters. The molecule has 0 unspecified atom stereocenters. The van der Waals surface area contributed by atoms with E-state index in [0.29, 0.717) is 5.13 Å². The number of aryl methyl sites for hydroxylation is 1. The van der Waals surface area contributed by atoms with Gasteiger partial charge in [0.1, 0.15) is 0 Å². The van der Waals surface area contributed by atoms with Gasteiger partial charge in [0.2, 0.25) is 0 Å². The molecule has 2 N–H and O–H groups in total. The highest BCUT2D eigenvalue weighted by atomic mass is 32.1. The molecular weight excluding hydrogens is 194 g/mol. The number of anilines is 1. The lowest BCUT2D eigenvalue weighted by molar-refractivity contribution is 1.07. The van der Waals surface area contributed by atoms with Crippen molar-refractivity contribution in [1.82, 2.24) is 9.97 Å². The lowest BCUT2D eigenvalue weighted by Gasteiger charge is -1.97. The Labute approximate surface area is 86.6 Å². The molecule has 0 fully saturated rings. The molecular formula is C10H11N3S. The summed E-state index contributed by atoms with van der Waals surface area (Å²) in [5.41, 5.74) is 7.85. The smallest absolute Gasteiger partial charge is 0.180 e. The molecule has 14 heavy (non-hydrogen) atoms. The molecule has 0 saturated heterocycles. The number of nitrogens with zero attached hydrogens (tertiary/aromatic N) is 2. The summed E-state index contributed by atoms with van der Waals surface area (Å²) in [6.07, 6.45) is 4.44. The summed E-state index contributed by atoms with van der Waals surface area (Å²) < 4.78 is 0. The molecule has 4 heteroatoms. The maximum atomic E-state index is 5.62. The van der Waals surface area contributed by atoms with Gasteiger partial charge in [0.25, 0.3) is 0 Å². The highest BCUT2D eigenvalue weighted by Gasteiger charge is 2.05. The largest absolute Gasteiger partial charge is 0.375 e. The van der Waals surface area contributed by atoms with E-state index < -0.39 is 0 Å². The molecule has 0 amide bonds. The molecule has 0 radical (unpaired) electrons. The van der Waals surface area contributed by atoms with Crippen molar-refractivity contribution in [3.8, 4) is 0 Å². The summed E-state index contributed by atoms with van der Waals surface area (Å²) >= 11 is 1.53. The second-order valence-corrected chi connectivity index (χ2v) is 4.33. The Hall–Kier alpha value is -1.42. The lowest BCUT2D eigenvalue weighted by atomic mass is 10.1. The molecule has 0 spiro atoms. The number of hydrogen-bond acceptors (Lipinski definition) is 4. The number of rotatable bonds is 2. The molecule has 0 aliphatic rings. The van der Waals surface area contributed by atoms with Crippen molar-refractivity contribution in [1.29, 1.82) is 0 Å². The van der Waals surface area contributed by atoms with Crippen LogP contribution in [0.2, 0.25) is 0 Å². The highest BCUT2D eigenvalue weighted by Crippen LogP contribution is 2.21. The van der Waals surface area contributed by atoms with Gasteiger partial charge in [-0.15, -0.1) is 11.3 Å². The summed E-state index contributed by atoms with van der Waals surface area (Å²) in [4.78, 5) is 9.52. The van der Waals surface area contributed by atoms with Crippen molar-refractivity contribution >= 4 is 16.5 Å². The van der Waals surface area contributed by atoms with E-state index in [0.717, 1.165) is 12.1 Å². The summed E-state index contributed by atoms with van der Waals surface area (Å²) in [5.74, 6) is 0. The van der Waals surface area contributed by atoms with Crippen LogP contribution in [0.5, 0.6) is 0 Å². The second kappa shape index (κ2) is 3.75. The molecule has 0 aliphatic heterocycles. The Balaban J connectivity index is 2.23. The van der Waals surface area contributed by atoms with Gasteiger partial charge in [-0.3, -0.25) is 4.98 Å². The van der Waals surface area contributed by atoms with Gasteiger partial charge in [-0.05, 0) is 18.6 Å². The van der Waals surface area contributed by atoms with Gasteiger partial charge in [0, 0.05) is 23.7 Å². The third kappa shape index (κ3) is 1.90. The number of hydrogen-bond donors (Lipinski definition) is 1. The molecule has 0 aromatic carbocycles. The van der Waals surface area contributed by atoms with Crippen LogP contribution in [-0.2, 0) is 6.42 Å². The highest BCUT2D eigenvalue weighted by molar-refractivity contribution is 7.15. The van der Waals surface area contributed by atoms with Crippen LogP contribution in [0.25, 0.3) is 0 Å². The molecule has 2 heterocycles. The maximum absolute atomic E-state index is 5.62. The third-order valence-corrected chi connectivity index (χ3v) is 2.85. The summed E-state index contributed by atoms with van der Waals surface area (Å²) in [5, 5.41) is 0.640. The van der Waals surface area contributed by atoms with Crippen molar-refractivity contribution in [2.24, 2.45) is 0 Å². The first-order valence-electron chi connectivity index (χ1n) is 4.36. The Bertz CT molecular complexity index is 422. The van der Waals surface area contributed by atoms with Crippen LogP contribution in [-0.4, -0.2) is 9.97 Å². The van der Waals surface area contributed by atoms with E-state index in [9.17, 15) is 0 Å². The fraction of sp³-hybridized carbons (Fsp3) is 0.200. The molecule has 3 nitrogen and oxygen atoms in total. The number of thiazole rings is 1. The Morgan fingerprint density at radius 1 is 1.50 bits per heavy atom. The van der Waals surface area contributed by atoms with Gasteiger partial charge in [-0.25, -0.2) is 4.98 Å². The van der Waals surface area contributed by atoms with Crippen LogP contribution >= 0.6 is 11.3 Å². The van der Waals surface area contributed by atoms with E-state index in [2.05, 4.69) is 9.97 Å². The van der Waals surface area contributed by atoms with Gasteiger partial charge >= 0.3 is 0 Å². The Morgan fingerprint density at radius 3 is 2.93 bits per heavy atom. The monoisotopic (exact) mass is 205 g/mol. The minimum Gasteiger partial charge on any atom is -0.375 e. The zero-order chi connectivity index (χ0) is 9.97. The molecule has 2 aromatic rings. The van der Waals surface area contributed by atoms with Gasteiger partial charge in [0.15, 0.2) is 5.13 Å². The van der Waals surface area contributed by atoms with Crippen molar-refractivity contribution in [2.75, 3.05) is 5.73 Å². The van der Waals surface area contributed by atoms with E-state index in [1.165, 1.54) is 21.8 Å². The van der Waals surface area contributed by atoms with Gasteiger partial charge in [0.05, 0.1) is 5.69 Å². The zero-order valence-corrected chi connectivity index (χ0v) is 8.71. The van der Waals surface area contributed by atoms with E-state index in [4.69, 9.17) is 5.73 Å². The summed E-state index contributed by atoms with van der Waals surface area (Å²) in [6.45, 7) is 2.04. The average molecular weight is 205 g/mol. The second-order valence-electron chi connectivity index (χ2n) is 3.09. The fourth-order valence-corrected chi connectivity index (χ4v) is 2.02. The molecule has 2 rings (SSSR count). The predicted octanol–water partition coefficient (Wildman–Crippen LogP) is 2.02. The first-order valence-corrected chi connectivity index (χ1v) is 5.18. The minimum atomic E-state index is 0.640. The van der Waals surface area contributed by atoms with Gasteiger partial charge < -0.3 is 5.73 Å². The maximum Gasteiger partial charge on any atom is 0.180 e. The standard InChI is InChI=1S/C10H11N3S/c1-7-9(13-10(11)14-7)5-8-3-2-4-12-6-8/h2-4,6H,5H2,1H3,(H2,11,13). The van der Waals surface area contributed by atoms with Gasteiger partial charge in [-0.1, -0.05) is 6.07 Å². The Morgan fingerprint density at radius 2 is 2.36 bits per heavy atom. The summed E-state index contributed by atoms with van der Waals surface area (Å²) in [7, 11) is 0. The molecule has 2 aromatic heterocycles. The number of nitrogen functional groups attached to an aromatic ring is 1. The number of pyridine rings is 1. The minimum absolute atomic E-state index is 0.640. The van der Waals surface area contributed by atoms with Crippen LogP contribution in [0.4, 0.5) is 5.13 Å². The van der Waals surface area contributed by atoms with Crippen LogP contribution in [0.3, 0.4) is 0 Å². The SMILES string of the molecule is Cc1sc(N)nc1Cc1cccnc1. The quantitative estimate of drug-likeness (QED) is 0.816. The normalized spacial score (nSPS) is 10.4. The van der Waals surface area contributed by atoms with E-state index in [1.54, 1.807) is 6.20 Å². The molecule has 0 bridgehead atoms. The first-order chi connectivity index (χ1) is 6.75. The van der Waals surface area contributed by atoms with Gasteiger partial charge in [-0.2, -0.15) is 0 Å². The molecule has 0 aliphatic carbocycles. The van der Waals surface area contributed by atoms with Crippen LogP contribution in [0.15, 0.2) is 24.5 Å². The van der Waals surface area contributed by atoms with Crippen LogP contribution in [0, 0.1) is 6.92 Å². The van der Waals surface area contributed by atoms with Crippen molar-refractivity contribution < 1.29 is 0 Å². The average Bonchev–Trinajstić information content (AvgIpc) is 2.47. The lowest BCUT2D eigenvalue weighted by Crippen LogP contribution is -1.92. The fourth-order valence-electron chi connectivity index (χ4n) is 1.31. The zero-order valence-electron chi connectivity index (χ0n) is 7.90. The molecule has 72 valence electrons. The van der Waals surface area contributed by atoms with Crippen molar-refractivity contribution in [3.05, 3.63) is 40.7 Å². The molecule has 0 saturated carbocycles. The van der Waals surface area contributed by atoms with Crippen molar-refractivity contribution in [3.63, 3.8) is 0 Å². The summed E-state index contributed by atoms with van der Waals surface area (Å²) in [6, 6.07) is 3.97. The van der Waals surface area contributed by atoms with Crippen LogP contribution < -0.4 is 5.73 Å². The Kier molecular flexibility index (Phi) is 2.45. The first kappa shape index (κ1) is 9.15. The van der Waals surface area contributed by atoms with Crippen LogP contribution in [0.1, 0.15) is 16.1 Å². The topological polar surface area (TPSA) is 51.8 Å².